The van der Waals surface area contributed by atoms with Gasteiger partial charge in [0.2, 0.25) is 5.91 Å². The van der Waals surface area contributed by atoms with E-state index in [4.69, 9.17) is 18.9 Å². The Morgan fingerprint density at radius 1 is 1.26 bits per heavy atom. The van der Waals surface area contributed by atoms with Gasteiger partial charge < -0.3 is 24.3 Å². The largest absolute Gasteiger partial charge is 0.497 e. The summed E-state index contributed by atoms with van der Waals surface area (Å²) in [7, 11) is 1.58. The molecule has 0 radical (unpaired) electrons. The highest BCUT2D eigenvalue weighted by atomic mass is 16.6. The van der Waals surface area contributed by atoms with Gasteiger partial charge in [0, 0.05) is 30.0 Å². The van der Waals surface area contributed by atoms with Gasteiger partial charge in [-0.1, -0.05) is 6.08 Å². The number of hydrogen-bond acceptors (Lipinski definition) is 8. The van der Waals surface area contributed by atoms with Crippen LogP contribution in [0.3, 0.4) is 0 Å². The van der Waals surface area contributed by atoms with Crippen LogP contribution in [0.2, 0.25) is 0 Å². The number of ether oxygens (including phenoxy) is 4. The van der Waals surface area contributed by atoms with Gasteiger partial charge in [-0.15, -0.1) is 6.58 Å². The molecule has 1 saturated carbocycles. The number of hydrogen-bond donors (Lipinski definition) is 1. The number of likely N-dealkylation sites (tertiary alicyclic amines) is 1. The van der Waals surface area contributed by atoms with E-state index in [2.05, 4.69) is 16.9 Å². The highest BCUT2D eigenvalue weighted by molar-refractivity contribution is 5.95. The molecule has 0 spiro atoms. The van der Waals surface area contributed by atoms with E-state index in [-0.39, 0.29) is 25.5 Å². The first-order valence-electron chi connectivity index (χ1n) is 12.7. The van der Waals surface area contributed by atoms with E-state index in [9.17, 15) is 14.4 Å². The summed E-state index contributed by atoms with van der Waals surface area (Å²) in [5, 5.41) is 3.63. The summed E-state index contributed by atoms with van der Waals surface area (Å²) in [5.41, 5.74) is -1.24. The van der Waals surface area contributed by atoms with Crippen LogP contribution >= 0.6 is 0 Å². The lowest BCUT2D eigenvalue weighted by atomic mass is 10.1. The molecule has 2 aromatic rings. The molecule has 2 amide bonds. The number of fused-ring (bicyclic) bond motifs is 1. The van der Waals surface area contributed by atoms with Crippen molar-refractivity contribution < 1.29 is 33.3 Å². The van der Waals surface area contributed by atoms with Crippen LogP contribution < -0.4 is 14.8 Å². The molecular formula is C28H35N3O7. The minimum absolute atomic E-state index is 0.129. The smallest absolute Gasteiger partial charge is 0.411 e. The first-order chi connectivity index (χ1) is 18.0. The number of carbonyl (C=O) groups excluding carboxylic acids is 3. The zero-order valence-electron chi connectivity index (χ0n) is 22.5. The lowest BCUT2D eigenvalue weighted by molar-refractivity contribution is -0.149. The van der Waals surface area contributed by atoms with E-state index < -0.39 is 41.3 Å². The van der Waals surface area contributed by atoms with Crippen molar-refractivity contribution in [3.63, 3.8) is 0 Å². The molecule has 1 saturated heterocycles. The summed E-state index contributed by atoms with van der Waals surface area (Å²) in [4.78, 5) is 45.1. The summed E-state index contributed by atoms with van der Waals surface area (Å²) in [6.45, 7) is 11.1. The van der Waals surface area contributed by atoms with Gasteiger partial charge in [0.25, 0.3) is 0 Å². The fourth-order valence-corrected chi connectivity index (χ4v) is 4.73. The van der Waals surface area contributed by atoms with Gasteiger partial charge in [0.1, 0.15) is 34.8 Å². The van der Waals surface area contributed by atoms with Crippen LogP contribution in [0.4, 0.5) is 4.79 Å². The number of pyridine rings is 1. The van der Waals surface area contributed by atoms with Gasteiger partial charge in [-0.25, -0.2) is 9.59 Å². The van der Waals surface area contributed by atoms with Crippen molar-refractivity contribution in [2.45, 2.75) is 63.8 Å². The Hall–Kier alpha value is -3.82. The summed E-state index contributed by atoms with van der Waals surface area (Å²) in [5.74, 6) is 0.0263. The van der Waals surface area contributed by atoms with Crippen LogP contribution in [-0.4, -0.2) is 71.4 Å². The lowest BCUT2D eigenvalue weighted by Crippen LogP contribution is -2.53. The molecule has 204 valence electrons. The van der Waals surface area contributed by atoms with Crippen LogP contribution in [0.1, 0.15) is 40.5 Å². The first kappa shape index (κ1) is 27.2. The minimum Gasteiger partial charge on any atom is -0.497 e. The van der Waals surface area contributed by atoms with Gasteiger partial charge >= 0.3 is 12.1 Å². The molecule has 38 heavy (non-hydrogen) atoms. The third-order valence-corrected chi connectivity index (χ3v) is 6.68. The van der Waals surface area contributed by atoms with E-state index in [1.54, 1.807) is 59.2 Å². The summed E-state index contributed by atoms with van der Waals surface area (Å²) in [6, 6.07) is 6.32. The van der Waals surface area contributed by atoms with Crippen LogP contribution in [0.5, 0.6) is 11.5 Å². The normalized spacial score (nSPS) is 24.4. The lowest BCUT2D eigenvalue weighted by Gasteiger charge is -2.28. The molecule has 2 aliphatic rings. The molecule has 4 rings (SSSR count). The van der Waals surface area contributed by atoms with E-state index in [0.717, 1.165) is 5.39 Å². The van der Waals surface area contributed by atoms with Crippen molar-refractivity contribution in [2.75, 3.05) is 20.3 Å². The molecular weight excluding hydrogens is 490 g/mol. The third kappa shape index (κ3) is 5.54. The maximum atomic E-state index is 13.6. The third-order valence-electron chi connectivity index (χ3n) is 6.68. The van der Waals surface area contributed by atoms with E-state index in [1.807, 2.05) is 12.1 Å². The Labute approximate surface area is 222 Å². The second-order valence-corrected chi connectivity index (χ2v) is 10.5. The molecule has 0 bridgehead atoms. The molecule has 1 N–H and O–H groups in total. The average Bonchev–Trinajstić information content (AvgIpc) is 3.42. The molecule has 1 aliphatic heterocycles. The standard InChI is InChI=1S/C28H35N3O7/c1-7-17-15-28(17,25(33)36-8-2)30-24(32)22-14-19(16-31(22)26(34)38-27(3,4)5)37-23-11-12-29-21-13-18(35-6)9-10-20(21)23/h7,9-13,17,19,22H,1,8,14-16H2,2-6H3,(H,30,32)/t17-,19+,22-,28?/m0/s1. The molecule has 10 nitrogen and oxygen atoms in total. The number of rotatable bonds is 8. The highest BCUT2D eigenvalue weighted by Gasteiger charge is 2.62. The predicted molar refractivity (Wildman–Crippen MR) is 140 cm³/mol. The fraction of sp³-hybridized carbons (Fsp3) is 0.500. The molecule has 10 heteroatoms. The zero-order valence-corrected chi connectivity index (χ0v) is 22.5. The van der Waals surface area contributed by atoms with Gasteiger partial charge in [-0.05, 0) is 52.3 Å². The summed E-state index contributed by atoms with van der Waals surface area (Å²) < 4.78 is 22.4. The Balaban J connectivity index is 1.57. The second kappa shape index (κ2) is 10.5. The van der Waals surface area contributed by atoms with E-state index >= 15 is 0 Å². The number of nitrogens with zero attached hydrogens (tertiary/aromatic N) is 2. The Bertz CT molecular complexity index is 1240. The first-order valence-corrected chi connectivity index (χ1v) is 12.7. The fourth-order valence-electron chi connectivity index (χ4n) is 4.73. The van der Waals surface area contributed by atoms with Crippen molar-refractivity contribution in [1.82, 2.24) is 15.2 Å². The SMILES string of the molecule is C=C[C@H]1CC1(NC(=O)[C@@H]1C[C@@H](Oc2ccnc3cc(OC)ccc23)CN1C(=O)OC(C)(C)C)C(=O)OCC. The molecule has 2 heterocycles. The van der Waals surface area contributed by atoms with Crippen LogP contribution in [0, 0.1) is 5.92 Å². The Morgan fingerprint density at radius 3 is 2.66 bits per heavy atom. The van der Waals surface area contributed by atoms with Crippen LogP contribution in [0.15, 0.2) is 43.1 Å². The zero-order chi connectivity index (χ0) is 27.7. The molecule has 1 aliphatic carbocycles. The van der Waals surface area contributed by atoms with E-state index in [0.29, 0.717) is 23.4 Å². The predicted octanol–water partition coefficient (Wildman–Crippen LogP) is 3.62. The van der Waals surface area contributed by atoms with Crippen molar-refractivity contribution >= 4 is 28.9 Å². The van der Waals surface area contributed by atoms with Crippen LogP contribution in [-0.2, 0) is 19.1 Å². The Kier molecular flexibility index (Phi) is 7.53. The number of methoxy groups -OCH3 is 1. The number of carbonyl (C=O) groups is 3. The average molecular weight is 526 g/mol. The number of amides is 2. The number of nitrogens with one attached hydrogen (secondary N) is 1. The second-order valence-electron chi connectivity index (χ2n) is 10.5. The monoisotopic (exact) mass is 525 g/mol. The molecule has 1 unspecified atom stereocenters. The molecule has 2 fully saturated rings. The molecule has 4 atom stereocenters. The van der Waals surface area contributed by atoms with Gasteiger partial charge in [0.15, 0.2) is 0 Å². The number of benzene rings is 1. The number of aromatic nitrogens is 1. The topological polar surface area (TPSA) is 116 Å². The van der Waals surface area contributed by atoms with Crippen molar-refractivity contribution in [1.29, 1.82) is 0 Å². The van der Waals surface area contributed by atoms with Crippen LogP contribution in [0.25, 0.3) is 10.9 Å². The quantitative estimate of drug-likeness (QED) is 0.410. The van der Waals surface area contributed by atoms with E-state index in [1.165, 1.54) is 4.90 Å². The van der Waals surface area contributed by atoms with Gasteiger partial charge in [-0.3, -0.25) is 14.7 Å². The van der Waals surface area contributed by atoms with Crippen molar-refractivity contribution in [3.8, 4) is 11.5 Å². The van der Waals surface area contributed by atoms with Gasteiger partial charge in [0.05, 0.1) is 25.8 Å². The van der Waals surface area contributed by atoms with Crippen molar-refractivity contribution in [3.05, 3.63) is 43.1 Å². The van der Waals surface area contributed by atoms with Gasteiger partial charge in [-0.2, -0.15) is 0 Å². The summed E-state index contributed by atoms with van der Waals surface area (Å²) in [6.07, 6.45) is 2.74. The van der Waals surface area contributed by atoms with Crippen molar-refractivity contribution in [2.24, 2.45) is 5.92 Å². The highest BCUT2D eigenvalue weighted by Crippen LogP contribution is 2.45. The summed E-state index contributed by atoms with van der Waals surface area (Å²) >= 11 is 0. The molecule has 1 aromatic heterocycles. The maximum absolute atomic E-state index is 13.6. The number of esters is 1. The minimum atomic E-state index is -1.17. The molecule has 1 aromatic carbocycles. The maximum Gasteiger partial charge on any atom is 0.411 e. The Morgan fingerprint density at radius 2 is 2.03 bits per heavy atom.